The highest BCUT2D eigenvalue weighted by molar-refractivity contribution is 6.25. The summed E-state index contributed by atoms with van der Waals surface area (Å²) in [7, 11) is 0. The molecule has 87 heavy (non-hydrogen) atoms. The van der Waals surface area contributed by atoms with Crippen molar-refractivity contribution in [3.63, 3.8) is 0 Å². The summed E-state index contributed by atoms with van der Waals surface area (Å²) in [5.41, 5.74) is 19.6. The molecule has 0 amide bonds. The second-order valence-electron chi connectivity index (χ2n) is 23.3. The third-order valence-corrected chi connectivity index (χ3v) is 18.6. The van der Waals surface area contributed by atoms with Crippen LogP contribution in [0.3, 0.4) is 0 Å². The Hall–Kier alpha value is -11.5. The minimum atomic E-state index is 0.873. The third kappa shape index (κ3) is 7.24. The lowest BCUT2D eigenvalue weighted by molar-refractivity contribution is 0.669. The molecular formula is C84H48O3. The number of fused-ring (bicyclic) bond motifs is 17. The van der Waals surface area contributed by atoms with Crippen molar-refractivity contribution in [1.82, 2.24) is 0 Å². The van der Waals surface area contributed by atoms with E-state index in [-0.39, 0.29) is 0 Å². The lowest BCUT2D eigenvalue weighted by Gasteiger charge is -2.18. The lowest BCUT2D eigenvalue weighted by atomic mass is 9.85. The van der Waals surface area contributed by atoms with E-state index in [0.717, 1.165) is 104 Å². The van der Waals surface area contributed by atoms with Gasteiger partial charge in [0.1, 0.15) is 33.5 Å². The molecule has 3 heterocycles. The van der Waals surface area contributed by atoms with E-state index < -0.39 is 0 Å². The van der Waals surface area contributed by atoms with Gasteiger partial charge in [-0.25, -0.2) is 0 Å². The van der Waals surface area contributed by atoms with Crippen LogP contribution in [0.5, 0.6) is 0 Å². The predicted octanol–water partition coefficient (Wildman–Crippen LogP) is 24.3. The summed E-state index contributed by atoms with van der Waals surface area (Å²) in [6.07, 6.45) is 0. The number of benzene rings is 16. The zero-order valence-corrected chi connectivity index (χ0v) is 46.9. The molecule has 0 aliphatic rings. The molecule has 19 rings (SSSR count). The first kappa shape index (κ1) is 47.9. The Bertz CT molecular complexity index is 6030. The van der Waals surface area contributed by atoms with Crippen LogP contribution in [0.1, 0.15) is 0 Å². The van der Waals surface area contributed by atoms with Crippen molar-refractivity contribution in [2.24, 2.45) is 0 Å². The smallest absolute Gasteiger partial charge is 0.143 e. The van der Waals surface area contributed by atoms with Gasteiger partial charge in [0.2, 0.25) is 0 Å². The fourth-order valence-corrected chi connectivity index (χ4v) is 14.7. The van der Waals surface area contributed by atoms with E-state index >= 15 is 0 Å². The van der Waals surface area contributed by atoms with Gasteiger partial charge in [0.15, 0.2) is 0 Å². The molecule has 0 saturated carbocycles. The number of hydrogen-bond donors (Lipinski definition) is 0. The van der Waals surface area contributed by atoms with Crippen LogP contribution in [0.2, 0.25) is 0 Å². The minimum Gasteiger partial charge on any atom is -0.456 e. The second kappa shape index (κ2) is 18.5. The monoisotopic (exact) mass is 1100 g/mol. The molecule has 402 valence electrons. The van der Waals surface area contributed by atoms with Crippen LogP contribution in [0.4, 0.5) is 0 Å². The van der Waals surface area contributed by atoms with Gasteiger partial charge in [0.05, 0.1) is 0 Å². The Morgan fingerprint density at radius 3 is 0.943 bits per heavy atom. The second-order valence-corrected chi connectivity index (χ2v) is 23.3. The van der Waals surface area contributed by atoms with Gasteiger partial charge in [0.25, 0.3) is 0 Å². The van der Waals surface area contributed by atoms with E-state index in [1.807, 2.05) is 12.1 Å². The Labute approximate surface area is 498 Å². The Balaban J connectivity index is 0.677. The summed E-state index contributed by atoms with van der Waals surface area (Å²) >= 11 is 0. The van der Waals surface area contributed by atoms with Crippen molar-refractivity contribution in [2.45, 2.75) is 0 Å². The maximum atomic E-state index is 6.85. The molecule has 0 aliphatic heterocycles. The highest BCUT2D eigenvalue weighted by atomic mass is 16.3. The van der Waals surface area contributed by atoms with Gasteiger partial charge in [-0.2, -0.15) is 0 Å². The number of para-hydroxylation sites is 1. The molecule has 0 atom stereocenters. The summed E-state index contributed by atoms with van der Waals surface area (Å²) in [5.74, 6) is 0. The van der Waals surface area contributed by atoms with Gasteiger partial charge in [0, 0.05) is 43.1 Å². The highest BCUT2D eigenvalue weighted by Crippen LogP contribution is 2.49. The number of furan rings is 3. The molecule has 0 fully saturated rings. The topological polar surface area (TPSA) is 39.4 Å². The quantitative estimate of drug-likeness (QED) is 0.156. The molecular weight excluding hydrogens is 1060 g/mol. The maximum absolute atomic E-state index is 6.85. The number of hydrogen-bond acceptors (Lipinski definition) is 3. The molecule has 16 aromatic carbocycles. The van der Waals surface area contributed by atoms with Gasteiger partial charge < -0.3 is 13.3 Å². The van der Waals surface area contributed by atoms with Crippen molar-refractivity contribution in [3.8, 4) is 66.8 Å². The molecule has 0 bridgehead atoms. The van der Waals surface area contributed by atoms with Gasteiger partial charge in [-0.05, 0) is 199 Å². The van der Waals surface area contributed by atoms with Crippen LogP contribution in [0, 0.1) is 0 Å². The molecule has 0 aliphatic carbocycles. The Morgan fingerprint density at radius 2 is 0.460 bits per heavy atom. The SMILES string of the molecule is c1cc(-c2cccc(-c3c4ccccc4c(-c4ccc5oc6c7ccccc7ccc6c5c4)c4ccccc34)c2)cc(-c2ccc3c(ccc4c5cc(-c6c7ccccc7c(-c7ccc8oc9ccccc9c8c7)c7ccccc67)ccc5oc34)c2)c1. The molecule has 0 unspecified atom stereocenters. The Kier molecular flexibility index (Phi) is 10.2. The first-order valence-corrected chi connectivity index (χ1v) is 29.9. The highest BCUT2D eigenvalue weighted by Gasteiger charge is 2.22. The lowest BCUT2D eigenvalue weighted by Crippen LogP contribution is -1.91. The first-order valence-electron chi connectivity index (χ1n) is 29.9. The van der Waals surface area contributed by atoms with Crippen LogP contribution in [-0.4, -0.2) is 0 Å². The van der Waals surface area contributed by atoms with E-state index in [1.54, 1.807) is 0 Å². The summed E-state index contributed by atoms with van der Waals surface area (Å²) in [4.78, 5) is 0. The molecule has 0 spiro atoms. The Morgan fingerprint density at radius 1 is 0.149 bits per heavy atom. The van der Waals surface area contributed by atoms with Gasteiger partial charge in [-0.3, -0.25) is 0 Å². The largest absolute Gasteiger partial charge is 0.456 e. The van der Waals surface area contributed by atoms with Crippen molar-refractivity contribution >= 4 is 130 Å². The molecule has 0 saturated heterocycles. The average Bonchev–Trinajstić information content (AvgIpc) is 1.88. The van der Waals surface area contributed by atoms with Crippen LogP contribution in [-0.2, 0) is 0 Å². The normalized spacial score (nSPS) is 12.1. The van der Waals surface area contributed by atoms with Gasteiger partial charge in [-0.1, -0.05) is 212 Å². The van der Waals surface area contributed by atoms with E-state index in [1.165, 1.54) is 93.0 Å². The molecule has 19 aromatic rings. The molecule has 0 radical (unpaired) electrons. The van der Waals surface area contributed by atoms with Crippen molar-refractivity contribution in [1.29, 1.82) is 0 Å². The van der Waals surface area contributed by atoms with Crippen molar-refractivity contribution < 1.29 is 13.3 Å². The summed E-state index contributed by atoms with van der Waals surface area (Å²) in [6, 6.07) is 106. The third-order valence-electron chi connectivity index (χ3n) is 18.6. The average molecular weight is 1110 g/mol. The maximum Gasteiger partial charge on any atom is 0.143 e. The van der Waals surface area contributed by atoms with Crippen LogP contribution < -0.4 is 0 Å². The van der Waals surface area contributed by atoms with Gasteiger partial charge >= 0.3 is 0 Å². The minimum absolute atomic E-state index is 0.873. The molecule has 3 aromatic heterocycles. The zero-order valence-electron chi connectivity index (χ0n) is 46.9. The van der Waals surface area contributed by atoms with Gasteiger partial charge in [-0.15, -0.1) is 0 Å². The van der Waals surface area contributed by atoms with Crippen LogP contribution in [0.25, 0.3) is 197 Å². The summed E-state index contributed by atoms with van der Waals surface area (Å²) in [6.45, 7) is 0. The van der Waals surface area contributed by atoms with Crippen LogP contribution in [0.15, 0.2) is 304 Å². The molecule has 3 heteroatoms. The summed E-state index contributed by atoms with van der Waals surface area (Å²) < 4.78 is 19.7. The fraction of sp³-hybridized carbons (Fsp3) is 0. The van der Waals surface area contributed by atoms with Crippen molar-refractivity contribution in [2.75, 3.05) is 0 Å². The predicted molar refractivity (Wildman–Crippen MR) is 366 cm³/mol. The van der Waals surface area contributed by atoms with E-state index in [0.29, 0.717) is 0 Å². The van der Waals surface area contributed by atoms with E-state index in [4.69, 9.17) is 13.3 Å². The van der Waals surface area contributed by atoms with Crippen molar-refractivity contribution in [3.05, 3.63) is 291 Å². The standard InChI is InChI=1S/C84H48O3/c1-2-20-59-49(15-1)31-38-70-73-47-57(35-41-77(73)86-83(59)70)81-64-24-5-3-22-62(64)79(63-23-4-6-25-65(63)81)55-19-14-18-52(45-55)50-16-13-17-51(43-50)53-32-37-60-54(44-53)33-39-71-74-48-58(36-42-78(74)87-84(60)71)82-68-28-9-7-26-66(68)80(67-27-8-10-29-69(67)82)56-34-40-76-72(46-56)61-21-11-12-30-75(61)85-76/h1-48H. The van der Waals surface area contributed by atoms with E-state index in [2.05, 4.69) is 279 Å². The molecule has 0 N–H and O–H groups in total. The fourth-order valence-electron chi connectivity index (χ4n) is 14.7. The summed E-state index contributed by atoms with van der Waals surface area (Å²) in [5, 5.41) is 21.0. The zero-order chi connectivity index (χ0) is 56.8. The molecule has 3 nitrogen and oxygen atoms in total. The van der Waals surface area contributed by atoms with Crippen LogP contribution >= 0.6 is 0 Å². The number of rotatable bonds is 6. The van der Waals surface area contributed by atoms with E-state index in [9.17, 15) is 0 Å². The first-order chi connectivity index (χ1) is 43.1.